The molecule has 4 N–H and O–H groups in total. The maximum absolute atomic E-state index is 12.7. The normalized spacial score (nSPS) is 12.7. The van der Waals surface area contributed by atoms with E-state index in [-0.39, 0.29) is 12.3 Å². The Labute approximate surface area is 166 Å². The molecule has 0 radical (unpaired) electrons. The van der Waals surface area contributed by atoms with E-state index in [1.54, 1.807) is 0 Å². The minimum Gasteiger partial charge on any atom is -0.368 e. The molecule has 0 aliphatic heterocycles. The van der Waals surface area contributed by atoms with Gasteiger partial charge in [0, 0.05) is 24.2 Å². The molecule has 2 atom stereocenters. The molecule has 27 heavy (non-hydrogen) atoms. The summed E-state index contributed by atoms with van der Waals surface area (Å²) < 4.78 is 0.870. The van der Waals surface area contributed by atoms with Gasteiger partial charge in [0.05, 0.1) is 0 Å². The maximum Gasteiger partial charge on any atom is 0.243 e. The van der Waals surface area contributed by atoms with E-state index in [0.29, 0.717) is 6.42 Å². The first kappa shape index (κ1) is 20.6. The highest BCUT2D eigenvalue weighted by atomic mass is 79.9. The van der Waals surface area contributed by atoms with E-state index in [4.69, 9.17) is 5.73 Å². The van der Waals surface area contributed by atoms with Crippen molar-refractivity contribution in [3.63, 3.8) is 0 Å². The van der Waals surface area contributed by atoms with Gasteiger partial charge in [0.1, 0.15) is 12.1 Å². The molecule has 0 fully saturated rings. The minimum absolute atomic E-state index is 0.263. The zero-order valence-corrected chi connectivity index (χ0v) is 16.5. The summed E-state index contributed by atoms with van der Waals surface area (Å²) in [6.45, 7) is 1.35. The van der Waals surface area contributed by atoms with Crippen molar-refractivity contribution >= 4 is 33.7 Å². The highest BCUT2D eigenvalue weighted by Gasteiger charge is 2.25. The average Bonchev–Trinajstić information content (AvgIpc) is 2.61. The van der Waals surface area contributed by atoms with Crippen LogP contribution in [0, 0.1) is 0 Å². The van der Waals surface area contributed by atoms with Crippen LogP contribution in [0.25, 0.3) is 0 Å². The summed E-state index contributed by atoms with van der Waals surface area (Å²) in [4.78, 5) is 36.1. The molecule has 2 rings (SSSR count). The van der Waals surface area contributed by atoms with Gasteiger partial charge in [-0.25, -0.2) is 0 Å². The number of carbonyl (C=O) groups is 3. The fraction of sp³-hybridized carbons (Fsp3) is 0.250. The lowest BCUT2D eigenvalue weighted by Crippen LogP contribution is -2.54. The van der Waals surface area contributed by atoms with Gasteiger partial charge in [-0.2, -0.15) is 0 Å². The van der Waals surface area contributed by atoms with Gasteiger partial charge in [0.25, 0.3) is 0 Å². The summed E-state index contributed by atoms with van der Waals surface area (Å²) in [5.74, 6) is -1.41. The second-order valence-electron chi connectivity index (χ2n) is 6.24. The maximum atomic E-state index is 12.7. The summed E-state index contributed by atoms with van der Waals surface area (Å²) >= 11 is 3.38. The number of hydrogen-bond donors (Lipinski definition) is 3. The summed E-state index contributed by atoms with van der Waals surface area (Å²) in [6.07, 6.45) is 0.577. The third kappa shape index (κ3) is 6.86. The third-order valence-corrected chi connectivity index (χ3v) is 4.46. The van der Waals surface area contributed by atoms with Crippen LogP contribution in [-0.4, -0.2) is 29.8 Å². The monoisotopic (exact) mass is 431 g/mol. The highest BCUT2D eigenvalue weighted by molar-refractivity contribution is 9.10. The van der Waals surface area contributed by atoms with E-state index >= 15 is 0 Å². The Hall–Kier alpha value is -2.67. The Kier molecular flexibility index (Phi) is 7.55. The van der Waals surface area contributed by atoms with Gasteiger partial charge in [-0.15, -0.1) is 0 Å². The van der Waals surface area contributed by atoms with Crippen LogP contribution in [-0.2, 0) is 27.2 Å². The summed E-state index contributed by atoms with van der Waals surface area (Å²) in [7, 11) is 0. The average molecular weight is 432 g/mol. The zero-order valence-electron chi connectivity index (χ0n) is 14.9. The highest BCUT2D eigenvalue weighted by Crippen LogP contribution is 2.13. The lowest BCUT2D eigenvalue weighted by molar-refractivity contribution is -0.130. The van der Waals surface area contributed by atoms with Crippen LogP contribution in [0.5, 0.6) is 0 Å². The zero-order chi connectivity index (χ0) is 19.8. The minimum atomic E-state index is -0.876. The molecule has 3 amide bonds. The van der Waals surface area contributed by atoms with Gasteiger partial charge in [-0.05, 0) is 23.3 Å². The molecule has 0 saturated heterocycles. The number of benzene rings is 2. The first-order valence-electron chi connectivity index (χ1n) is 8.50. The Morgan fingerprint density at radius 3 is 2.15 bits per heavy atom. The predicted molar refractivity (Wildman–Crippen MR) is 107 cm³/mol. The summed E-state index contributed by atoms with van der Waals surface area (Å²) in [5.41, 5.74) is 7.22. The third-order valence-electron chi connectivity index (χ3n) is 3.97. The quantitative estimate of drug-likeness (QED) is 0.592. The van der Waals surface area contributed by atoms with Gasteiger partial charge in [0.15, 0.2) is 0 Å². The van der Waals surface area contributed by atoms with Crippen molar-refractivity contribution < 1.29 is 14.4 Å². The molecular formula is C20H22BrN3O3. The SMILES string of the molecule is CC(=O)N[C@H](Cc1ccccc1)C(=O)N[C@@H](Cc1cccc(Br)c1)C(N)=O. The van der Waals surface area contributed by atoms with Crippen LogP contribution < -0.4 is 16.4 Å². The molecule has 0 spiro atoms. The van der Waals surface area contributed by atoms with E-state index in [0.717, 1.165) is 15.6 Å². The molecule has 0 aliphatic rings. The molecular weight excluding hydrogens is 410 g/mol. The van der Waals surface area contributed by atoms with E-state index in [2.05, 4.69) is 26.6 Å². The van der Waals surface area contributed by atoms with E-state index < -0.39 is 23.9 Å². The lowest BCUT2D eigenvalue weighted by atomic mass is 10.0. The lowest BCUT2D eigenvalue weighted by Gasteiger charge is -2.22. The Balaban J connectivity index is 2.11. The Bertz CT molecular complexity index is 811. The smallest absolute Gasteiger partial charge is 0.243 e. The van der Waals surface area contributed by atoms with Crippen molar-refractivity contribution in [2.45, 2.75) is 31.8 Å². The number of nitrogens with one attached hydrogen (secondary N) is 2. The Morgan fingerprint density at radius 1 is 0.926 bits per heavy atom. The number of rotatable bonds is 8. The van der Waals surface area contributed by atoms with Crippen molar-refractivity contribution in [3.8, 4) is 0 Å². The van der Waals surface area contributed by atoms with Crippen molar-refractivity contribution in [3.05, 3.63) is 70.2 Å². The van der Waals surface area contributed by atoms with Crippen LogP contribution in [0.15, 0.2) is 59.1 Å². The molecule has 142 valence electrons. The predicted octanol–water partition coefficient (Wildman–Crippen LogP) is 1.71. The molecule has 0 unspecified atom stereocenters. The number of amides is 3. The molecule has 0 bridgehead atoms. The topological polar surface area (TPSA) is 101 Å². The van der Waals surface area contributed by atoms with Gasteiger partial charge < -0.3 is 16.4 Å². The standard InChI is InChI=1S/C20H22BrN3O3/c1-13(25)23-18(11-14-6-3-2-4-7-14)20(27)24-17(19(22)26)12-15-8-5-9-16(21)10-15/h2-10,17-18H,11-12H2,1H3,(H2,22,26)(H,23,25)(H,24,27)/t17-,18+/m0/s1. The number of primary amides is 1. The van der Waals surface area contributed by atoms with Crippen LogP contribution in [0.1, 0.15) is 18.1 Å². The second kappa shape index (κ2) is 9.87. The molecule has 2 aromatic carbocycles. The molecule has 0 heterocycles. The van der Waals surface area contributed by atoms with Gasteiger partial charge in [-0.1, -0.05) is 58.4 Å². The van der Waals surface area contributed by atoms with Crippen molar-refractivity contribution in [1.29, 1.82) is 0 Å². The van der Waals surface area contributed by atoms with Crippen molar-refractivity contribution in [2.24, 2.45) is 5.73 Å². The van der Waals surface area contributed by atoms with Crippen molar-refractivity contribution in [1.82, 2.24) is 10.6 Å². The first-order chi connectivity index (χ1) is 12.8. The Morgan fingerprint density at radius 2 is 1.56 bits per heavy atom. The number of nitrogens with two attached hydrogens (primary N) is 1. The largest absolute Gasteiger partial charge is 0.368 e. The summed E-state index contributed by atoms with van der Waals surface area (Å²) in [5, 5.41) is 5.30. The van der Waals surface area contributed by atoms with Crippen molar-refractivity contribution in [2.75, 3.05) is 0 Å². The molecule has 6 nitrogen and oxygen atoms in total. The summed E-state index contributed by atoms with van der Waals surface area (Å²) in [6, 6.07) is 15.1. The van der Waals surface area contributed by atoms with Gasteiger partial charge in [0.2, 0.25) is 17.7 Å². The van der Waals surface area contributed by atoms with E-state index in [1.807, 2.05) is 54.6 Å². The first-order valence-corrected chi connectivity index (χ1v) is 9.29. The van der Waals surface area contributed by atoms with Gasteiger partial charge >= 0.3 is 0 Å². The molecule has 7 heteroatoms. The molecule has 0 aliphatic carbocycles. The molecule has 2 aromatic rings. The van der Waals surface area contributed by atoms with Crippen LogP contribution in [0.4, 0.5) is 0 Å². The fourth-order valence-corrected chi connectivity index (χ4v) is 3.15. The second-order valence-corrected chi connectivity index (χ2v) is 7.16. The molecule has 0 aromatic heterocycles. The number of hydrogen-bond acceptors (Lipinski definition) is 3. The van der Waals surface area contributed by atoms with Crippen LogP contribution in [0.3, 0.4) is 0 Å². The van der Waals surface area contributed by atoms with Crippen LogP contribution in [0.2, 0.25) is 0 Å². The van der Waals surface area contributed by atoms with Gasteiger partial charge in [-0.3, -0.25) is 14.4 Å². The number of carbonyl (C=O) groups excluding carboxylic acids is 3. The van der Waals surface area contributed by atoms with Crippen LogP contribution >= 0.6 is 15.9 Å². The molecule has 0 saturated carbocycles. The van der Waals surface area contributed by atoms with E-state index in [9.17, 15) is 14.4 Å². The van der Waals surface area contributed by atoms with E-state index in [1.165, 1.54) is 6.92 Å². The number of halogens is 1. The fourth-order valence-electron chi connectivity index (χ4n) is 2.70.